The van der Waals surface area contributed by atoms with Gasteiger partial charge in [-0.2, -0.15) is 0 Å². The number of pyridine rings is 1. The third kappa shape index (κ3) is 3.31. The lowest BCUT2D eigenvalue weighted by molar-refractivity contribution is 0.297. The average Bonchev–Trinajstić information content (AvgIpc) is 3.39. The van der Waals surface area contributed by atoms with E-state index in [0.717, 1.165) is 22.3 Å². The van der Waals surface area contributed by atoms with Crippen LogP contribution in [-0.2, 0) is 10.8 Å². The molecule has 1 fully saturated rings. The molecule has 1 aromatic heterocycles. The normalized spacial score (nSPS) is 19.8. The maximum atomic E-state index is 13.7. The summed E-state index contributed by atoms with van der Waals surface area (Å²) in [4.78, 5) is 4.29. The monoisotopic (exact) mass is 372 g/mol. The summed E-state index contributed by atoms with van der Waals surface area (Å²) in [5, 5.41) is 3.72. The molecule has 2 unspecified atom stereocenters. The van der Waals surface area contributed by atoms with Crippen molar-refractivity contribution < 1.29 is 13.3 Å². The summed E-state index contributed by atoms with van der Waals surface area (Å²) in [5.74, 6) is 1.05. The minimum atomic E-state index is -1.19. The third-order valence-corrected chi connectivity index (χ3v) is 5.69. The Hall–Kier alpha value is -2.05. The molecule has 2 aromatic rings. The summed E-state index contributed by atoms with van der Waals surface area (Å²) < 4.78 is 31.7. The first kappa shape index (κ1) is 17.4. The van der Waals surface area contributed by atoms with Crippen LogP contribution in [0.2, 0.25) is 0 Å². The van der Waals surface area contributed by atoms with E-state index in [-0.39, 0.29) is 11.9 Å². The minimum Gasteiger partial charge on any atom is -0.491 e. The van der Waals surface area contributed by atoms with Gasteiger partial charge in [0.05, 0.1) is 29.6 Å². The quantitative estimate of drug-likeness (QED) is 0.844. The Labute approximate surface area is 154 Å². The molecule has 4 nitrogen and oxygen atoms in total. The van der Waals surface area contributed by atoms with Crippen LogP contribution >= 0.6 is 0 Å². The summed E-state index contributed by atoms with van der Waals surface area (Å²) in [6.07, 6.45) is 7.73. The molecule has 26 heavy (non-hydrogen) atoms. The molecule has 6 heteroatoms. The topological polar surface area (TPSA) is 51.2 Å². The molecule has 0 aliphatic heterocycles. The Morgan fingerprint density at radius 1 is 1.31 bits per heavy atom. The van der Waals surface area contributed by atoms with Crippen LogP contribution in [0.5, 0.6) is 5.75 Å². The number of nitrogens with zero attached hydrogens (tertiary/aromatic N) is 1. The molecule has 0 amide bonds. The van der Waals surface area contributed by atoms with E-state index < -0.39 is 10.8 Å². The zero-order valence-electron chi connectivity index (χ0n) is 14.8. The molecular formula is C20H21FN2O2S. The summed E-state index contributed by atoms with van der Waals surface area (Å²) in [7, 11) is 0.660. The zero-order chi connectivity index (χ0) is 18.3. The number of likely N-dealkylation sites (N-methyl/N-ethyl adjacent to an activating group) is 1. The van der Waals surface area contributed by atoms with E-state index in [9.17, 15) is 8.60 Å². The zero-order valence-corrected chi connectivity index (χ0v) is 15.6. The van der Waals surface area contributed by atoms with Gasteiger partial charge in [0, 0.05) is 11.8 Å². The van der Waals surface area contributed by atoms with Gasteiger partial charge in [-0.25, -0.2) is 9.37 Å². The molecule has 0 saturated heterocycles. The van der Waals surface area contributed by atoms with Gasteiger partial charge in [-0.05, 0) is 60.7 Å². The van der Waals surface area contributed by atoms with E-state index in [1.807, 2.05) is 13.1 Å². The van der Waals surface area contributed by atoms with Crippen LogP contribution in [0.4, 0.5) is 4.39 Å². The van der Waals surface area contributed by atoms with E-state index in [1.165, 1.54) is 18.9 Å². The second kappa shape index (κ2) is 6.93. The van der Waals surface area contributed by atoms with Gasteiger partial charge >= 0.3 is 0 Å². The van der Waals surface area contributed by atoms with Crippen LogP contribution < -0.4 is 10.1 Å². The highest BCUT2D eigenvalue weighted by molar-refractivity contribution is 7.84. The van der Waals surface area contributed by atoms with Crippen molar-refractivity contribution in [3.63, 3.8) is 0 Å². The van der Waals surface area contributed by atoms with Crippen molar-refractivity contribution >= 4 is 16.4 Å². The Morgan fingerprint density at radius 2 is 2.12 bits per heavy atom. The Morgan fingerprint density at radius 3 is 2.81 bits per heavy atom. The van der Waals surface area contributed by atoms with Gasteiger partial charge in [0.15, 0.2) is 0 Å². The molecule has 1 heterocycles. The van der Waals surface area contributed by atoms with Gasteiger partial charge in [0.2, 0.25) is 0 Å². The van der Waals surface area contributed by atoms with E-state index in [0.29, 0.717) is 23.3 Å². The number of halogens is 1. The number of fused-ring (bicyclic) bond motifs is 1. The number of benzene rings is 1. The Bertz CT molecular complexity index is 909. The lowest BCUT2D eigenvalue weighted by Crippen LogP contribution is -2.12. The molecule has 1 N–H and O–H groups in total. The largest absolute Gasteiger partial charge is 0.491 e. The van der Waals surface area contributed by atoms with Crippen molar-refractivity contribution in [2.24, 2.45) is 5.92 Å². The van der Waals surface area contributed by atoms with Gasteiger partial charge in [-0.3, -0.25) is 4.21 Å². The molecule has 2 atom stereocenters. The second-order valence-electron chi connectivity index (χ2n) is 6.81. The highest BCUT2D eigenvalue weighted by Crippen LogP contribution is 2.42. The number of ether oxygens (including phenoxy) is 1. The van der Waals surface area contributed by atoms with Crippen molar-refractivity contribution in [3.8, 4) is 5.75 Å². The SMILES string of the molecule is CNC1C=C(c2cc(S(C)=O)ncc2OCC2CC2)c2ccc(F)cc21. The molecular weight excluding hydrogens is 351 g/mol. The molecule has 2 aliphatic rings. The standard InChI is InChI=1S/C20H21FN2O2S/c1-22-18-8-15(14-6-5-13(21)7-16(14)18)17-9-20(26(2)24)23-10-19(17)25-11-12-3-4-12/h5-10,12,18,22H,3-4,11H2,1-2H3. The first-order valence-corrected chi connectivity index (χ1v) is 10.3. The second-order valence-corrected chi connectivity index (χ2v) is 8.13. The molecule has 0 spiro atoms. The first-order valence-electron chi connectivity index (χ1n) is 8.72. The number of hydrogen-bond donors (Lipinski definition) is 1. The molecule has 4 rings (SSSR count). The average molecular weight is 372 g/mol. The molecule has 0 bridgehead atoms. The fourth-order valence-electron chi connectivity index (χ4n) is 3.25. The van der Waals surface area contributed by atoms with Crippen LogP contribution in [0.25, 0.3) is 5.57 Å². The first-order chi connectivity index (χ1) is 12.6. The van der Waals surface area contributed by atoms with Crippen molar-refractivity contribution in [3.05, 3.63) is 59.0 Å². The molecule has 2 aliphatic carbocycles. The van der Waals surface area contributed by atoms with Gasteiger partial charge in [-0.15, -0.1) is 0 Å². The van der Waals surface area contributed by atoms with Crippen LogP contribution in [-0.4, -0.2) is 29.1 Å². The highest BCUT2D eigenvalue weighted by Gasteiger charge is 2.27. The number of rotatable bonds is 6. The van der Waals surface area contributed by atoms with Gasteiger partial charge in [-0.1, -0.05) is 12.1 Å². The van der Waals surface area contributed by atoms with Crippen molar-refractivity contribution in [2.75, 3.05) is 19.9 Å². The van der Waals surface area contributed by atoms with E-state index in [4.69, 9.17) is 4.74 Å². The summed E-state index contributed by atoms with van der Waals surface area (Å²) in [6.45, 7) is 0.669. The van der Waals surface area contributed by atoms with Gasteiger partial charge < -0.3 is 10.1 Å². The lowest BCUT2D eigenvalue weighted by atomic mass is 9.99. The Kier molecular flexibility index (Phi) is 4.63. The van der Waals surface area contributed by atoms with E-state index in [2.05, 4.69) is 16.4 Å². The summed E-state index contributed by atoms with van der Waals surface area (Å²) >= 11 is 0. The lowest BCUT2D eigenvalue weighted by Gasteiger charge is -2.14. The van der Waals surface area contributed by atoms with Crippen molar-refractivity contribution in [1.29, 1.82) is 0 Å². The van der Waals surface area contributed by atoms with Gasteiger partial charge in [0.1, 0.15) is 16.6 Å². The highest BCUT2D eigenvalue weighted by atomic mass is 32.2. The third-order valence-electron chi connectivity index (χ3n) is 4.88. The number of aromatic nitrogens is 1. The smallest absolute Gasteiger partial charge is 0.145 e. The van der Waals surface area contributed by atoms with E-state index >= 15 is 0 Å². The number of hydrogen-bond acceptors (Lipinski definition) is 4. The predicted molar refractivity (Wildman–Crippen MR) is 100 cm³/mol. The van der Waals surface area contributed by atoms with E-state index in [1.54, 1.807) is 24.6 Å². The Balaban J connectivity index is 1.80. The summed E-state index contributed by atoms with van der Waals surface area (Å²) in [5.41, 5.74) is 3.67. The molecule has 1 saturated carbocycles. The van der Waals surface area contributed by atoms with Crippen molar-refractivity contribution in [2.45, 2.75) is 23.9 Å². The number of nitrogens with one attached hydrogen (secondary N) is 1. The van der Waals surface area contributed by atoms with Crippen LogP contribution in [0.3, 0.4) is 0 Å². The van der Waals surface area contributed by atoms with Crippen LogP contribution in [0.1, 0.15) is 35.6 Å². The van der Waals surface area contributed by atoms with Crippen LogP contribution in [0.15, 0.2) is 41.6 Å². The van der Waals surface area contributed by atoms with Gasteiger partial charge in [0.25, 0.3) is 0 Å². The van der Waals surface area contributed by atoms with Crippen molar-refractivity contribution in [1.82, 2.24) is 10.3 Å². The molecule has 136 valence electrons. The maximum Gasteiger partial charge on any atom is 0.145 e. The van der Waals surface area contributed by atoms with Crippen LogP contribution in [0, 0.1) is 11.7 Å². The molecule has 1 aromatic carbocycles. The summed E-state index contributed by atoms with van der Waals surface area (Å²) in [6, 6.07) is 6.58. The minimum absolute atomic E-state index is 0.0734. The maximum absolute atomic E-state index is 13.7. The fraction of sp³-hybridized carbons (Fsp3) is 0.350. The predicted octanol–water partition coefficient (Wildman–Crippen LogP) is 3.45. The molecule has 0 radical (unpaired) electrons. The fourth-order valence-corrected chi connectivity index (χ4v) is 3.74.